The summed E-state index contributed by atoms with van der Waals surface area (Å²) in [5.74, 6) is 0. The van der Waals surface area contributed by atoms with Crippen molar-refractivity contribution in [2.45, 2.75) is 31.6 Å². The van der Waals surface area contributed by atoms with Gasteiger partial charge in [-0.1, -0.05) is 13.8 Å². The van der Waals surface area contributed by atoms with Crippen molar-refractivity contribution >= 4 is 21.2 Å². The third-order valence-corrected chi connectivity index (χ3v) is 3.92. The Kier molecular flexibility index (Phi) is 5.02. The second-order valence-electron chi connectivity index (χ2n) is 4.48. The van der Waals surface area contributed by atoms with Crippen molar-refractivity contribution in [1.29, 1.82) is 0 Å². The van der Waals surface area contributed by atoms with Gasteiger partial charge in [-0.15, -0.1) is 0 Å². The predicted octanol–water partition coefficient (Wildman–Crippen LogP) is 2.30. The molecule has 0 fully saturated rings. The first-order valence-corrected chi connectivity index (χ1v) is 8.13. The Balaban J connectivity index is 3.09. The number of hydrogen-bond donors (Lipinski definition) is 1. The van der Waals surface area contributed by atoms with Crippen molar-refractivity contribution in [3.8, 4) is 0 Å². The number of nitrogen functional groups attached to an aromatic ring is 1. The van der Waals surface area contributed by atoms with Crippen LogP contribution in [0.3, 0.4) is 0 Å². The molecule has 0 amide bonds. The van der Waals surface area contributed by atoms with Gasteiger partial charge in [-0.05, 0) is 31.0 Å². The Bertz CT molecular complexity index is 492. The van der Waals surface area contributed by atoms with E-state index in [1.807, 2.05) is 6.07 Å². The topological polar surface area (TPSA) is 63.4 Å². The van der Waals surface area contributed by atoms with E-state index in [9.17, 15) is 8.42 Å². The highest BCUT2D eigenvalue weighted by Crippen LogP contribution is 2.25. The molecule has 0 saturated carbocycles. The van der Waals surface area contributed by atoms with E-state index < -0.39 is 9.84 Å². The molecular formula is C13H22N2O2S. The molecule has 0 aromatic heterocycles. The molecule has 2 N–H and O–H groups in total. The Morgan fingerprint density at radius 1 is 1.17 bits per heavy atom. The van der Waals surface area contributed by atoms with Crippen molar-refractivity contribution < 1.29 is 8.42 Å². The Hall–Kier alpha value is -1.23. The molecule has 0 unspecified atom stereocenters. The van der Waals surface area contributed by atoms with E-state index in [1.54, 1.807) is 12.1 Å². The van der Waals surface area contributed by atoms with Crippen LogP contribution < -0.4 is 10.6 Å². The van der Waals surface area contributed by atoms with Crippen molar-refractivity contribution in [2.75, 3.05) is 30.0 Å². The van der Waals surface area contributed by atoms with E-state index in [1.165, 1.54) is 6.26 Å². The number of anilines is 2. The monoisotopic (exact) mass is 270 g/mol. The highest BCUT2D eigenvalue weighted by atomic mass is 32.2. The van der Waals surface area contributed by atoms with Crippen LogP contribution >= 0.6 is 0 Å². The van der Waals surface area contributed by atoms with Gasteiger partial charge >= 0.3 is 0 Å². The van der Waals surface area contributed by atoms with Crippen molar-refractivity contribution in [3.05, 3.63) is 18.2 Å². The first kappa shape index (κ1) is 14.8. The SMILES string of the molecule is CCCN(CCC)c1ccc(S(C)(=O)=O)c(N)c1. The summed E-state index contributed by atoms with van der Waals surface area (Å²) in [6, 6.07) is 5.18. The number of nitrogens with zero attached hydrogens (tertiary/aromatic N) is 1. The lowest BCUT2D eigenvalue weighted by Crippen LogP contribution is -2.25. The summed E-state index contributed by atoms with van der Waals surface area (Å²) >= 11 is 0. The fourth-order valence-corrected chi connectivity index (χ4v) is 2.78. The summed E-state index contributed by atoms with van der Waals surface area (Å²) in [6.45, 7) is 6.14. The average Bonchev–Trinajstić information content (AvgIpc) is 2.27. The van der Waals surface area contributed by atoms with Gasteiger partial charge in [-0.25, -0.2) is 8.42 Å². The molecule has 0 saturated heterocycles. The van der Waals surface area contributed by atoms with Crippen LogP contribution in [0.1, 0.15) is 26.7 Å². The molecular weight excluding hydrogens is 248 g/mol. The summed E-state index contributed by atoms with van der Waals surface area (Å²) in [7, 11) is -3.24. The molecule has 0 aliphatic rings. The molecule has 0 aliphatic heterocycles. The van der Waals surface area contributed by atoms with Crippen LogP contribution in [0.25, 0.3) is 0 Å². The van der Waals surface area contributed by atoms with Crippen molar-refractivity contribution in [3.63, 3.8) is 0 Å². The molecule has 0 atom stereocenters. The van der Waals surface area contributed by atoms with Crippen LogP contribution in [0.2, 0.25) is 0 Å². The standard InChI is InChI=1S/C13H22N2O2S/c1-4-8-15(9-5-2)11-6-7-13(12(14)10-11)18(3,16)17/h6-7,10H,4-5,8-9,14H2,1-3H3. The van der Waals surface area contributed by atoms with Crippen LogP contribution in [0.4, 0.5) is 11.4 Å². The highest BCUT2D eigenvalue weighted by molar-refractivity contribution is 7.90. The predicted molar refractivity (Wildman–Crippen MR) is 76.8 cm³/mol. The largest absolute Gasteiger partial charge is 0.398 e. The first-order valence-electron chi connectivity index (χ1n) is 6.24. The quantitative estimate of drug-likeness (QED) is 0.806. The van der Waals surface area contributed by atoms with Gasteiger partial charge in [0.2, 0.25) is 0 Å². The van der Waals surface area contributed by atoms with Gasteiger partial charge in [0.25, 0.3) is 0 Å². The fourth-order valence-electron chi connectivity index (χ4n) is 1.98. The van der Waals surface area contributed by atoms with Crippen LogP contribution in [-0.2, 0) is 9.84 Å². The smallest absolute Gasteiger partial charge is 0.177 e. The van der Waals surface area contributed by atoms with Crippen molar-refractivity contribution in [1.82, 2.24) is 0 Å². The van der Waals surface area contributed by atoms with E-state index in [0.29, 0.717) is 5.69 Å². The minimum absolute atomic E-state index is 0.208. The Morgan fingerprint density at radius 2 is 1.72 bits per heavy atom. The lowest BCUT2D eigenvalue weighted by molar-refractivity contribution is 0.602. The molecule has 102 valence electrons. The van der Waals surface area contributed by atoms with Gasteiger partial charge < -0.3 is 10.6 Å². The van der Waals surface area contributed by atoms with Crippen molar-refractivity contribution in [2.24, 2.45) is 0 Å². The molecule has 0 spiro atoms. The third kappa shape index (κ3) is 3.63. The lowest BCUT2D eigenvalue weighted by Gasteiger charge is -2.24. The molecule has 5 heteroatoms. The van der Waals surface area contributed by atoms with Crippen LogP contribution in [0.5, 0.6) is 0 Å². The normalized spacial score (nSPS) is 11.5. The maximum absolute atomic E-state index is 11.5. The summed E-state index contributed by atoms with van der Waals surface area (Å²) in [5, 5.41) is 0. The minimum atomic E-state index is -3.24. The van der Waals surface area contributed by atoms with Gasteiger partial charge in [-0.2, -0.15) is 0 Å². The van der Waals surface area contributed by atoms with Crippen LogP contribution in [0, 0.1) is 0 Å². The second-order valence-corrected chi connectivity index (χ2v) is 6.47. The van der Waals surface area contributed by atoms with Crippen LogP contribution in [0.15, 0.2) is 23.1 Å². The van der Waals surface area contributed by atoms with Gasteiger partial charge in [0, 0.05) is 25.0 Å². The molecule has 0 bridgehead atoms. The fraction of sp³-hybridized carbons (Fsp3) is 0.538. The van der Waals surface area contributed by atoms with E-state index in [-0.39, 0.29) is 4.90 Å². The van der Waals surface area contributed by atoms with Gasteiger partial charge in [0.15, 0.2) is 9.84 Å². The van der Waals surface area contributed by atoms with E-state index in [2.05, 4.69) is 18.7 Å². The van der Waals surface area contributed by atoms with E-state index >= 15 is 0 Å². The Labute approximate surface area is 110 Å². The summed E-state index contributed by atoms with van der Waals surface area (Å²) in [6.07, 6.45) is 3.27. The lowest BCUT2D eigenvalue weighted by atomic mass is 10.2. The molecule has 0 aliphatic carbocycles. The van der Waals surface area contributed by atoms with E-state index in [4.69, 9.17) is 5.73 Å². The number of rotatable bonds is 6. The zero-order valence-electron chi connectivity index (χ0n) is 11.3. The zero-order chi connectivity index (χ0) is 13.8. The van der Waals surface area contributed by atoms with Crippen LogP contribution in [-0.4, -0.2) is 27.8 Å². The molecule has 18 heavy (non-hydrogen) atoms. The molecule has 1 aromatic carbocycles. The zero-order valence-corrected chi connectivity index (χ0v) is 12.1. The summed E-state index contributed by atoms with van der Waals surface area (Å²) in [5.41, 5.74) is 7.15. The maximum atomic E-state index is 11.5. The second kappa shape index (κ2) is 6.09. The molecule has 4 nitrogen and oxygen atoms in total. The molecule has 0 radical (unpaired) electrons. The minimum Gasteiger partial charge on any atom is -0.398 e. The summed E-state index contributed by atoms with van der Waals surface area (Å²) < 4.78 is 23.0. The highest BCUT2D eigenvalue weighted by Gasteiger charge is 2.13. The molecule has 1 rings (SSSR count). The molecule has 1 aromatic rings. The van der Waals surface area contributed by atoms with Gasteiger partial charge in [0.1, 0.15) is 0 Å². The number of nitrogens with two attached hydrogens (primary N) is 1. The molecule has 0 heterocycles. The number of benzene rings is 1. The third-order valence-electron chi connectivity index (χ3n) is 2.75. The number of sulfone groups is 1. The van der Waals surface area contributed by atoms with Gasteiger partial charge in [0.05, 0.1) is 10.6 Å². The van der Waals surface area contributed by atoms with Gasteiger partial charge in [-0.3, -0.25) is 0 Å². The first-order chi connectivity index (χ1) is 8.40. The number of hydrogen-bond acceptors (Lipinski definition) is 4. The Morgan fingerprint density at radius 3 is 2.11 bits per heavy atom. The van der Waals surface area contributed by atoms with E-state index in [0.717, 1.165) is 31.6 Å². The average molecular weight is 270 g/mol. The summed E-state index contributed by atoms with van der Waals surface area (Å²) in [4.78, 5) is 2.43. The maximum Gasteiger partial charge on any atom is 0.177 e.